The van der Waals surface area contributed by atoms with Crippen LogP contribution in [-0.2, 0) is 11.3 Å². The minimum atomic E-state index is -5.12. The zero-order chi connectivity index (χ0) is 20.5. The number of alkyl halides is 3. The van der Waals surface area contributed by atoms with E-state index in [4.69, 9.17) is 5.73 Å². The predicted molar refractivity (Wildman–Crippen MR) is 94.0 cm³/mol. The van der Waals surface area contributed by atoms with Crippen molar-refractivity contribution in [3.8, 4) is 11.4 Å². The van der Waals surface area contributed by atoms with Gasteiger partial charge >= 0.3 is 12.1 Å². The van der Waals surface area contributed by atoms with Crippen LogP contribution < -0.4 is 15.8 Å². The molecule has 2 aromatic carbocycles. The van der Waals surface area contributed by atoms with Gasteiger partial charge in [0, 0.05) is 29.8 Å². The van der Waals surface area contributed by atoms with Crippen LogP contribution >= 0.6 is 0 Å². The second-order valence-corrected chi connectivity index (χ2v) is 5.89. The maximum Gasteiger partial charge on any atom is 0.491 e. The van der Waals surface area contributed by atoms with Gasteiger partial charge in [-0.25, -0.2) is 9.48 Å². The van der Waals surface area contributed by atoms with Crippen LogP contribution in [0.4, 0.5) is 13.2 Å². The monoisotopic (exact) mass is 392 g/mol. The van der Waals surface area contributed by atoms with E-state index < -0.39 is 18.1 Å². The number of carbonyl (C=O) groups is 2. The van der Waals surface area contributed by atoms with Crippen LogP contribution in [0.5, 0.6) is 5.75 Å². The fraction of sp³-hybridized carbons (Fsp3) is 0.167. The molecular formula is C18H15F3N4O3. The molecular weight excluding hydrogens is 377 g/mol. The van der Waals surface area contributed by atoms with Crippen LogP contribution in [0.15, 0.2) is 42.6 Å². The Morgan fingerprint density at radius 2 is 2.00 bits per heavy atom. The molecule has 0 spiro atoms. The van der Waals surface area contributed by atoms with Gasteiger partial charge in [0.05, 0.1) is 11.3 Å². The second-order valence-electron chi connectivity index (χ2n) is 5.89. The molecule has 0 bridgehead atoms. The van der Waals surface area contributed by atoms with Crippen molar-refractivity contribution in [2.75, 3.05) is 7.05 Å². The van der Waals surface area contributed by atoms with Crippen LogP contribution in [0, 0.1) is 0 Å². The molecule has 3 N–H and O–H groups in total. The number of benzene rings is 2. The Hall–Kier alpha value is -3.40. The number of rotatable bonds is 5. The van der Waals surface area contributed by atoms with Crippen molar-refractivity contribution in [3.05, 3.63) is 53.7 Å². The number of fused-ring (bicyclic) bond motifs is 1. The van der Waals surface area contributed by atoms with Gasteiger partial charge in [-0.2, -0.15) is 18.3 Å². The van der Waals surface area contributed by atoms with Gasteiger partial charge in [-0.1, -0.05) is 18.2 Å². The highest BCUT2D eigenvalue weighted by Crippen LogP contribution is 2.27. The topological polar surface area (TPSA) is 99.2 Å². The molecule has 146 valence electrons. The Morgan fingerprint density at radius 1 is 1.25 bits per heavy atom. The SMILES string of the molecule is CNCc1ccc(-n2cc3cccc(C(N)=O)c3n2)cc1OC(=O)C(F)(F)F. The molecule has 1 amide bonds. The summed E-state index contributed by atoms with van der Waals surface area (Å²) in [6.45, 7) is 0.188. The minimum Gasteiger partial charge on any atom is -0.419 e. The number of aromatic nitrogens is 2. The third kappa shape index (κ3) is 3.81. The smallest absolute Gasteiger partial charge is 0.419 e. The quantitative estimate of drug-likeness (QED) is 0.513. The van der Waals surface area contributed by atoms with Crippen molar-refractivity contribution in [2.45, 2.75) is 12.7 Å². The Balaban J connectivity index is 2.06. The highest BCUT2D eigenvalue weighted by atomic mass is 19.4. The summed E-state index contributed by atoms with van der Waals surface area (Å²) < 4.78 is 43.7. The summed E-state index contributed by atoms with van der Waals surface area (Å²) in [7, 11) is 1.61. The first-order chi connectivity index (χ1) is 13.2. The van der Waals surface area contributed by atoms with Gasteiger partial charge in [0.15, 0.2) is 0 Å². The fourth-order valence-corrected chi connectivity index (χ4v) is 2.65. The molecule has 0 aliphatic heterocycles. The molecule has 0 atom stereocenters. The Morgan fingerprint density at radius 3 is 2.64 bits per heavy atom. The predicted octanol–water partition coefficient (Wildman–Crippen LogP) is 2.31. The van der Waals surface area contributed by atoms with Crippen molar-refractivity contribution < 1.29 is 27.5 Å². The molecule has 0 aliphatic carbocycles. The number of esters is 1. The Bertz CT molecular complexity index is 1060. The van der Waals surface area contributed by atoms with Crippen molar-refractivity contribution in [3.63, 3.8) is 0 Å². The van der Waals surface area contributed by atoms with Crippen LogP contribution in [0.2, 0.25) is 0 Å². The summed E-state index contributed by atoms with van der Waals surface area (Å²) in [4.78, 5) is 22.8. The third-order valence-corrected chi connectivity index (χ3v) is 3.92. The summed E-state index contributed by atoms with van der Waals surface area (Å²) >= 11 is 0. The second kappa shape index (κ2) is 7.31. The van der Waals surface area contributed by atoms with Gasteiger partial charge in [0.1, 0.15) is 11.3 Å². The lowest BCUT2D eigenvalue weighted by molar-refractivity contribution is -0.189. The number of hydrogen-bond donors (Lipinski definition) is 2. The minimum absolute atomic E-state index is 0.188. The van der Waals surface area contributed by atoms with Crippen molar-refractivity contribution in [1.82, 2.24) is 15.1 Å². The molecule has 0 saturated heterocycles. The molecule has 7 nitrogen and oxygen atoms in total. The molecule has 0 fully saturated rings. The normalized spacial score (nSPS) is 11.6. The van der Waals surface area contributed by atoms with Crippen molar-refractivity contribution >= 4 is 22.8 Å². The molecule has 10 heteroatoms. The number of halogens is 3. The van der Waals surface area contributed by atoms with E-state index in [1.807, 2.05) is 0 Å². The summed E-state index contributed by atoms with van der Waals surface area (Å²) in [6, 6.07) is 9.27. The van der Waals surface area contributed by atoms with E-state index in [1.165, 1.54) is 22.9 Å². The Kier molecular flexibility index (Phi) is 5.06. The molecule has 0 aliphatic rings. The lowest BCUT2D eigenvalue weighted by atomic mass is 10.1. The molecule has 3 aromatic rings. The molecule has 28 heavy (non-hydrogen) atoms. The first kappa shape index (κ1) is 19.4. The van der Waals surface area contributed by atoms with E-state index in [1.54, 1.807) is 31.4 Å². The standard InChI is InChI=1S/C18H15F3N4O3/c1-23-8-10-5-6-12(7-14(10)28-17(27)18(19,20)21)25-9-11-3-2-4-13(16(22)26)15(11)24-25/h2-7,9,23H,8H2,1H3,(H2,22,26). The summed E-state index contributed by atoms with van der Waals surface area (Å²) in [5, 5.41) is 7.69. The lowest BCUT2D eigenvalue weighted by Gasteiger charge is -2.13. The number of nitrogens with two attached hydrogens (primary N) is 1. The number of hydrogen-bond acceptors (Lipinski definition) is 5. The van der Waals surface area contributed by atoms with E-state index in [-0.39, 0.29) is 17.9 Å². The number of carbonyl (C=O) groups excluding carboxylic acids is 2. The number of nitrogens with one attached hydrogen (secondary N) is 1. The van der Waals surface area contributed by atoms with Crippen LogP contribution in [0.3, 0.4) is 0 Å². The largest absolute Gasteiger partial charge is 0.491 e. The van der Waals surface area contributed by atoms with Gasteiger partial charge in [0.25, 0.3) is 5.91 Å². The maximum absolute atomic E-state index is 12.6. The van der Waals surface area contributed by atoms with E-state index in [0.29, 0.717) is 22.2 Å². The number of nitrogens with zero attached hydrogens (tertiary/aromatic N) is 2. The summed E-state index contributed by atoms with van der Waals surface area (Å²) in [6.07, 6.45) is -3.53. The zero-order valence-corrected chi connectivity index (χ0v) is 14.6. The van der Waals surface area contributed by atoms with Gasteiger partial charge in [-0.3, -0.25) is 4.79 Å². The molecule has 1 heterocycles. The fourth-order valence-electron chi connectivity index (χ4n) is 2.65. The first-order valence-corrected chi connectivity index (χ1v) is 8.06. The number of ether oxygens (including phenoxy) is 1. The van der Waals surface area contributed by atoms with Crippen LogP contribution in [0.1, 0.15) is 15.9 Å². The maximum atomic E-state index is 12.6. The third-order valence-electron chi connectivity index (χ3n) is 3.92. The highest BCUT2D eigenvalue weighted by Gasteiger charge is 2.41. The lowest BCUT2D eigenvalue weighted by Crippen LogP contribution is -2.28. The van der Waals surface area contributed by atoms with Crippen LogP contribution in [-0.4, -0.2) is 34.9 Å². The van der Waals surface area contributed by atoms with Crippen LogP contribution in [0.25, 0.3) is 16.6 Å². The van der Waals surface area contributed by atoms with Gasteiger partial charge in [0.2, 0.25) is 0 Å². The molecule has 0 unspecified atom stereocenters. The van der Waals surface area contributed by atoms with Gasteiger partial charge < -0.3 is 15.8 Å². The van der Waals surface area contributed by atoms with E-state index in [2.05, 4.69) is 15.2 Å². The number of amides is 1. The average Bonchev–Trinajstić information content (AvgIpc) is 3.06. The van der Waals surface area contributed by atoms with Gasteiger partial charge in [-0.05, 0) is 19.2 Å². The van der Waals surface area contributed by atoms with Gasteiger partial charge in [-0.15, -0.1) is 0 Å². The van der Waals surface area contributed by atoms with Crippen molar-refractivity contribution in [1.29, 1.82) is 0 Å². The van der Waals surface area contributed by atoms with E-state index >= 15 is 0 Å². The molecule has 0 radical (unpaired) electrons. The first-order valence-electron chi connectivity index (χ1n) is 8.06. The zero-order valence-electron chi connectivity index (χ0n) is 14.6. The molecule has 3 rings (SSSR count). The summed E-state index contributed by atoms with van der Waals surface area (Å²) in [5.41, 5.74) is 6.61. The summed E-state index contributed by atoms with van der Waals surface area (Å²) in [5.74, 6) is -3.22. The molecule has 1 aromatic heterocycles. The highest BCUT2D eigenvalue weighted by molar-refractivity contribution is 6.04. The van der Waals surface area contributed by atoms with E-state index in [0.717, 1.165) is 0 Å². The molecule has 0 saturated carbocycles. The number of primary amides is 1. The van der Waals surface area contributed by atoms with E-state index in [9.17, 15) is 22.8 Å². The Labute approximate surface area is 156 Å². The average molecular weight is 392 g/mol. The van der Waals surface area contributed by atoms with Crippen molar-refractivity contribution in [2.24, 2.45) is 5.73 Å².